The van der Waals surface area contributed by atoms with Crippen LogP contribution in [0, 0.1) is 5.92 Å². The summed E-state index contributed by atoms with van der Waals surface area (Å²) in [6.07, 6.45) is 5.19. The quantitative estimate of drug-likeness (QED) is 0.804. The molecule has 2 heterocycles. The van der Waals surface area contributed by atoms with E-state index in [0.29, 0.717) is 12.0 Å². The molecule has 2 saturated heterocycles. The van der Waals surface area contributed by atoms with E-state index in [0.717, 1.165) is 51.9 Å². The van der Waals surface area contributed by atoms with Gasteiger partial charge in [0, 0.05) is 32.1 Å². The van der Waals surface area contributed by atoms with Gasteiger partial charge in [0.1, 0.15) is 0 Å². The van der Waals surface area contributed by atoms with E-state index in [2.05, 4.69) is 17.3 Å². The Morgan fingerprint density at radius 1 is 1.19 bits per heavy atom. The second kappa shape index (κ2) is 7.64. The van der Waals surface area contributed by atoms with Gasteiger partial charge in [-0.2, -0.15) is 0 Å². The summed E-state index contributed by atoms with van der Waals surface area (Å²) >= 11 is 0. The summed E-state index contributed by atoms with van der Waals surface area (Å²) in [5.74, 6) is -0.276. The minimum atomic E-state index is -0.726. The highest BCUT2D eigenvalue weighted by Gasteiger charge is 2.25. The van der Waals surface area contributed by atoms with Crippen molar-refractivity contribution in [2.24, 2.45) is 5.92 Å². The van der Waals surface area contributed by atoms with Crippen LogP contribution in [0.15, 0.2) is 0 Å². The van der Waals surface area contributed by atoms with Gasteiger partial charge in [0.2, 0.25) is 0 Å². The van der Waals surface area contributed by atoms with E-state index in [1.54, 1.807) is 0 Å². The Hall–Kier alpha value is -1.30. The Morgan fingerprint density at radius 3 is 2.48 bits per heavy atom. The third-order valence-corrected chi connectivity index (χ3v) is 4.83. The summed E-state index contributed by atoms with van der Waals surface area (Å²) < 4.78 is 0. The molecular formula is C15H27N3O3. The van der Waals surface area contributed by atoms with Crippen LogP contribution in [0.5, 0.6) is 0 Å². The van der Waals surface area contributed by atoms with E-state index < -0.39 is 5.97 Å². The Kier molecular flexibility index (Phi) is 5.85. The van der Waals surface area contributed by atoms with E-state index in [1.807, 2.05) is 4.90 Å². The first-order valence-corrected chi connectivity index (χ1v) is 8.01. The van der Waals surface area contributed by atoms with Crippen LogP contribution in [0.3, 0.4) is 0 Å². The molecule has 6 heteroatoms. The minimum absolute atomic E-state index is 0.0342. The maximum Gasteiger partial charge on any atom is 0.317 e. The van der Waals surface area contributed by atoms with Gasteiger partial charge in [-0.1, -0.05) is 0 Å². The molecule has 0 aromatic carbocycles. The van der Waals surface area contributed by atoms with Gasteiger partial charge in [-0.3, -0.25) is 4.79 Å². The molecule has 1 unspecified atom stereocenters. The highest BCUT2D eigenvalue weighted by Crippen LogP contribution is 2.22. The molecule has 0 aliphatic carbocycles. The fourth-order valence-corrected chi connectivity index (χ4v) is 3.31. The molecule has 2 N–H and O–H groups in total. The average molecular weight is 297 g/mol. The van der Waals surface area contributed by atoms with E-state index >= 15 is 0 Å². The first kappa shape index (κ1) is 16.1. The summed E-state index contributed by atoms with van der Waals surface area (Å²) in [6.45, 7) is 3.34. The lowest BCUT2D eigenvalue weighted by atomic mass is 9.92. The fourth-order valence-electron chi connectivity index (χ4n) is 3.31. The Bertz CT molecular complexity index is 367. The van der Waals surface area contributed by atoms with E-state index in [-0.39, 0.29) is 12.5 Å². The van der Waals surface area contributed by atoms with Crippen molar-refractivity contribution < 1.29 is 14.7 Å². The standard InChI is InChI=1S/C15H27N3O3/c1-17-8-2-3-13(17)11-16-15(21)18-9-6-12(7-10-18)4-5-14(19)20/h12-13H,2-11H2,1H3,(H,16,21)(H,19,20). The van der Waals surface area contributed by atoms with Gasteiger partial charge < -0.3 is 20.2 Å². The topological polar surface area (TPSA) is 72.9 Å². The van der Waals surface area contributed by atoms with Gasteiger partial charge in [0.05, 0.1) is 0 Å². The molecule has 0 aromatic heterocycles. The zero-order valence-electron chi connectivity index (χ0n) is 12.9. The normalized spacial score (nSPS) is 24.2. The molecule has 0 radical (unpaired) electrons. The molecule has 0 bridgehead atoms. The second-order valence-corrected chi connectivity index (χ2v) is 6.33. The molecule has 1 atom stereocenters. The number of carboxylic acid groups (broad SMARTS) is 1. The number of nitrogens with one attached hydrogen (secondary N) is 1. The number of amides is 2. The maximum absolute atomic E-state index is 12.1. The van der Waals surface area contributed by atoms with Gasteiger partial charge in [0.25, 0.3) is 0 Å². The number of aliphatic carboxylic acids is 1. The smallest absolute Gasteiger partial charge is 0.317 e. The van der Waals surface area contributed by atoms with Crippen molar-refractivity contribution in [2.45, 2.75) is 44.6 Å². The van der Waals surface area contributed by atoms with Gasteiger partial charge in [-0.25, -0.2) is 4.79 Å². The van der Waals surface area contributed by atoms with Crippen LogP contribution < -0.4 is 5.32 Å². The van der Waals surface area contributed by atoms with E-state index in [4.69, 9.17) is 5.11 Å². The van der Waals surface area contributed by atoms with Crippen LogP contribution in [-0.2, 0) is 4.79 Å². The summed E-state index contributed by atoms with van der Waals surface area (Å²) in [6, 6.07) is 0.508. The molecule has 2 fully saturated rings. The number of hydrogen-bond acceptors (Lipinski definition) is 3. The van der Waals surface area contributed by atoms with Crippen molar-refractivity contribution in [2.75, 3.05) is 33.2 Å². The predicted octanol–water partition coefficient (Wildman–Crippen LogP) is 1.37. The lowest BCUT2D eigenvalue weighted by Gasteiger charge is -2.32. The Morgan fingerprint density at radius 2 is 1.90 bits per heavy atom. The highest BCUT2D eigenvalue weighted by atomic mass is 16.4. The van der Waals surface area contributed by atoms with Gasteiger partial charge in [-0.15, -0.1) is 0 Å². The summed E-state index contributed by atoms with van der Waals surface area (Å²) in [5, 5.41) is 11.7. The lowest BCUT2D eigenvalue weighted by molar-refractivity contribution is -0.137. The third kappa shape index (κ3) is 4.88. The van der Waals surface area contributed by atoms with Crippen molar-refractivity contribution in [1.29, 1.82) is 0 Å². The molecule has 120 valence electrons. The second-order valence-electron chi connectivity index (χ2n) is 6.33. The van der Waals surface area contributed by atoms with Crippen molar-refractivity contribution in [3.63, 3.8) is 0 Å². The van der Waals surface area contributed by atoms with Gasteiger partial charge in [-0.05, 0) is 51.6 Å². The number of rotatable bonds is 5. The average Bonchev–Trinajstić information content (AvgIpc) is 2.88. The van der Waals surface area contributed by atoms with Crippen molar-refractivity contribution in [1.82, 2.24) is 15.1 Å². The number of urea groups is 1. The molecular weight excluding hydrogens is 270 g/mol. The van der Waals surface area contributed by atoms with Crippen LogP contribution >= 0.6 is 0 Å². The first-order chi connectivity index (χ1) is 10.1. The molecule has 6 nitrogen and oxygen atoms in total. The van der Waals surface area contributed by atoms with Crippen molar-refractivity contribution in [3.8, 4) is 0 Å². The number of nitrogens with zero attached hydrogens (tertiary/aromatic N) is 2. The monoisotopic (exact) mass is 297 g/mol. The molecule has 2 aliphatic rings. The van der Waals surface area contributed by atoms with Crippen molar-refractivity contribution in [3.05, 3.63) is 0 Å². The zero-order chi connectivity index (χ0) is 15.2. The molecule has 21 heavy (non-hydrogen) atoms. The van der Waals surface area contributed by atoms with Crippen LogP contribution in [0.25, 0.3) is 0 Å². The van der Waals surface area contributed by atoms with Gasteiger partial charge in [0.15, 0.2) is 0 Å². The molecule has 2 rings (SSSR count). The molecule has 2 aliphatic heterocycles. The fraction of sp³-hybridized carbons (Fsp3) is 0.867. The van der Waals surface area contributed by atoms with Crippen LogP contribution in [0.4, 0.5) is 4.79 Å². The van der Waals surface area contributed by atoms with Crippen LogP contribution in [0.2, 0.25) is 0 Å². The van der Waals surface area contributed by atoms with E-state index in [9.17, 15) is 9.59 Å². The number of likely N-dealkylation sites (N-methyl/N-ethyl adjacent to an activating group) is 1. The summed E-state index contributed by atoms with van der Waals surface area (Å²) in [7, 11) is 2.11. The Labute approximate surface area is 126 Å². The third-order valence-electron chi connectivity index (χ3n) is 4.83. The van der Waals surface area contributed by atoms with Crippen LogP contribution in [0.1, 0.15) is 38.5 Å². The Balaban J connectivity index is 1.64. The highest BCUT2D eigenvalue weighted by molar-refractivity contribution is 5.74. The molecule has 0 aromatic rings. The largest absolute Gasteiger partial charge is 0.481 e. The van der Waals surface area contributed by atoms with Crippen LogP contribution in [-0.4, -0.2) is 66.2 Å². The molecule has 0 saturated carbocycles. The summed E-state index contributed by atoms with van der Waals surface area (Å²) in [4.78, 5) is 26.9. The molecule has 0 spiro atoms. The lowest BCUT2D eigenvalue weighted by Crippen LogP contribution is -2.47. The zero-order valence-corrected chi connectivity index (χ0v) is 12.9. The number of likely N-dealkylation sites (tertiary alicyclic amines) is 2. The first-order valence-electron chi connectivity index (χ1n) is 8.01. The summed E-state index contributed by atoms with van der Waals surface area (Å²) in [5.41, 5.74) is 0. The van der Waals surface area contributed by atoms with E-state index in [1.165, 1.54) is 6.42 Å². The van der Waals surface area contributed by atoms with Gasteiger partial charge >= 0.3 is 12.0 Å². The number of hydrogen-bond donors (Lipinski definition) is 2. The molecule has 2 amide bonds. The minimum Gasteiger partial charge on any atom is -0.481 e. The predicted molar refractivity (Wildman–Crippen MR) is 80.2 cm³/mol. The number of piperidine rings is 1. The number of carbonyl (C=O) groups excluding carboxylic acids is 1. The SMILES string of the molecule is CN1CCCC1CNC(=O)N1CCC(CCC(=O)O)CC1. The van der Waals surface area contributed by atoms with Crippen molar-refractivity contribution >= 4 is 12.0 Å². The maximum atomic E-state index is 12.1. The number of carboxylic acids is 1. The number of carbonyl (C=O) groups is 2.